The van der Waals surface area contributed by atoms with Crippen LogP contribution >= 0.6 is 0 Å². The highest BCUT2D eigenvalue weighted by Gasteiger charge is 2.25. The summed E-state index contributed by atoms with van der Waals surface area (Å²) in [5.41, 5.74) is 5.53. The van der Waals surface area contributed by atoms with Crippen molar-refractivity contribution >= 4 is 5.69 Å². The van der Waals surface area contributed by atoms with Crippen molar-refractivity contribution in [3.63, 3.8) is 0 Å². The van der Waals surface area contributed by atoms with E-state index in [1.54, 1.807) is 5.56 Å². The van der Waals surface area contributed by atoms with Crippen molar-refractivity contribution in [3.05, 3.63) is 65.2 Å². The minimum absolute atomic E-state index is 0.819. The van der Waals surface area contributed by atoms with Crippen molar-refractivity contribution in [2.75, 3.05) is 5.32 Å². The number of aryl methyl sites for hydroxylation is 1. The van der Waals surface area contributed by atoms with Crippen molar-refractivity contribution in [2.45, 2.75) is 32.2 Å². The van der Waals surface area contributed by atoms with Crippen LogP contribution in [0, 0.1) is 6.92 Å². The third kappa shape index (κ3) is 2.40. The molecule has 1 fully saturated rings. The summed E-state index contributed by atoms with van der Waals surface area (Å²) in [7, 11) is 0. The molecule has 0 saturated heterocycles. The van der Waals surface area contributed by atoms with Gasteiger partial charge in [0, 0.05) is 12.2 Å². The summed E-state index contributed by atoms with van der Waals surface area (Å²) < 4.78 is 0. The first-order valence-corrected chi connectivity index (χ1v) is 6.72. The molecule has 0 atom stereocenters. The van der Waals surface area contributed by atoms with E-state index in [2.05, 4.69) is 60.8 Å². The number of hydrogen-bond acceptors (Lipinski definition) is 1. The number of rotatable bonds is 4. The predicted molar refractivity (Wildman–Crippen MR) is 76.9 cm³/mol. The smallest absolute Gasteiger partial charge is 0.0403 e. The molecule has 92 valence electrons. The fourth-order valence-electron chi connectivity index (χ4n) is 2.45. The molecule has 3 rings (SSSR count). The van der Waals surface area contributed by atoms with Crippen molar-refractivity contribution < 1.29 is 0 Å². The van der Waals surface area contributed by atoms with E-state index in [4.69, 9.17) is 0 Å². The van der Waals surface area contributed by atoms with E-state index in [1.807, 2.05) is 0 Å². The van der Waals surface area contributed by atoms with Gasteiger partial charge in [0.05, 0.1) is 0 Å². The Morgan fingerprint density at radius 2 is 1.72 bits per heavy atom. The van der Waals surface area contributed by atoms with Gasteiger partial charge in [-0.2, -0.15) is 0 Å². The first kappa shape index (κ1) is 11.3. The highest BCUT2D eigenvalue weighted by molar-refractivity contribution is 5.51. The third-order valence-electron chi connectivity index (χ3n) is 3.69. The van der Waals surface area contributed by atoms with Gasteiger partial charge in [0.15, 0.2) is 0 Å². The Bertz CT molecular complexity index is 541. The summed E-state index contributed by atoms with van der Waals surface area (Å²) in [4.78, 5) is 0. The van der Waals surface area contributed by atoms with Gasteiger partial charge in [-0.1, -0.05) is 42.5 Å². The van der Waals surface area contributed by atoms with Crippen LogP contribution in [0.2, 0.25) is 0 Å². The number of hydrogen-bond donors (Lipinski definition) is 1. The van der Waals surface area contributed by atoms with Crippen LogP contribution in [-0.4, -0.2) is 0 Å². The number of nitrogens with one attached hydrogen (secondary N) is 1. The molecule has 1 N–H and O–H groups in total. The topological polar surface area (TPSA) is 12.0 Å². The minimum atomic E-state index is 0.819. The Labute approximate surface area is 109 Å². The zero-order valence-electron chi connectivity index (χ0n) is 10.8. The van der Waals surface area contributed by atoms with Gasteiger partial charge in [-0.25, -0.2) is 0 Å². The molecular formula is C17H19N. The molecule has 18 heavy (non-hydrogen) atoms. The third-order valence-corrected chi connectivity index (χ3v) is 3.69. The molecular weight excluding hydrogens is 218 g/mol. The number of para-hydroxylation sites is 1. The van der Waals surface area contributed by atoms with Gasteiger partial charge < -0.3 is 5.32 Å². The Balaban J connectivity index is 1.75. The second kappa shape index (κ2) is 4.85. The molecule has 1 aliphatic rings. The predicted octanol–water partition coefficient (Wildman–Crippen LogP) is 4.48. The highest BCUT2D eigenvalue weighted by Crippen LogP contribution is 2.41. The van der Waals surface area contributed by atoms with Crippen molar-refractivity contribution in [2.24, 2.45) is 0 Å². The van der Waals surface area contributed by atoms with Gasteiger partial charge >= 0.3 is 0 Å². The molecule has 0 spiro atoms. The van der Waals surface area contributed by atoms with Gasteiger partial charge in [0.25, 0.3) is 0 Å². The molecule has 0 heterocycles. The van der Waals surface area contributed by atoms with Gasteiger partial charge in [-0.05, 0) is 48.4 Å². The molecule has 0 aromatic heterocycles. The largest absolute Gasteiger partial charge is 0.381 e. The SMILES string of the molecule is Cc1ccccc1NCc1ccccc1C1CC1. The van der Waals surface area contributed by atoms with Crippen LogP contribution in [0.3, 0.4) is 0 Å². The van der Waals surface area contributed by atoms with Gasteiger partial charge in [-0.3, -0.25) is 0 Å². The lowest BCUT2D eigenvalue weighted by molar-refractivity contribution is 1.03. The standard InChI is InChI=1S/C17H19N/c1-13-6-2-5-9-17(13)18-12-15-7-3-4-8-16(15)14-10-11-14/h2-9,14,18H,10-12H2,1H3. The van der Waals surface area contributed by atoms with Crippen LogP contribution < -0.4 is 5.32 Å². The van der Waals surface area contributed by atoms with E-state index in [0.29, 0.717) is 0 Å². The van der Waals surface area contributed by atoms with Crippen LogP contribution in [0.25, 0.3) is 0 Å². The van der Waals surface area contributed by atoms with E-state index in [-0.39, 0.29) is 0 Å². The normalized spacial score (nSPS) is 14.5. The number of anilines is 1. The fourth-order valence-corrected chi connectivity index (χ4v) is 2.45. The average Bonchev–Trinajstić information content (AvgIpc) is 3.23. The Morgan fingerprint density at radius 1 is 1.00 bits per heavy atom. The lowest BCUT2D eigenvalue weighted by Gasteiger charge is -2.12. The Hall–Kier alpha value is -1.76. The summed E-state index contributed by atoms with van der Waals surface area (Å²) in [5, 5.41) is 3.55. The molecule has 0 unspecified atom stereocenters. The van der Waals surface area contributed by atoms with Crippen molar-refractivity contribution in [1.82, 2.24) is 0 Å². The average molecular weight is 237 g/mol. The van der Waals surface area contributed by atoms with Crippen LogP contribution in [0.4, 0.5) is 5.69 Å². The van der Waals surface area contributed by atoms with Crippen molar-refractivity contribution in [1.29, 1.82) is 0 Å². The van der Waals surface area contributed by atoms with E-state index >= 15 is 0 Å². The summed E-state index contributed by atoms with van der Waals surface area (Å²) in [6.07, 6.45) is 2.72. The number of benzene rings is 2. The van der Waals surface area contributed by atoms with Crippen LogP contribution in [0.5, 0.6) is 0 Å². The molecule has 1 heteroatoms. The summed E-state index contributed by atoms with van der Waals surface area (Å²) >= 11 is 0. The summed E-state index contributed by atoms with van der Waals surface area (Å²) in [5.74, 6) is 0.819. The quantitative estimate of drug-likeness (QED) is 0.826. The lowest BCUT2D eigenvalue weighted by Crippen LogP contribution is -2.03. The molecule has 0 bridgehead atoms. The summed E-state index contributed by atoms with van der Waals surface area (Å²) in [6, 6.07) is 17.3. The highest BCUT2D eigenvalue weighted by atomic mass is 14.9. The Morgan fingerprint density at radius 3 is 2.50 bits per heavy atom. The lowest BCUT2D eigenvalue weighted by atomic mass is 10.0. The molecule has 2 aromatic carbocycles. The van der Waals surface area contributed by atoms with Crippen molar-refractivity contribution in [3.8, 4) is 0 Å². The maximum atomic E-state index is 3.55. The molecule has 0 radical (unpaired) electrons. The monoisotopic (exact) mass is 237 g/mol. The molecule has 2 aromatic rings. The molecule has 1 saturated carbocycles. The van der Waals surface area contributed by atoms with E-state index < -0.39 is 0 Å². The zero-order chi connectivity index (χ0) is 12.4. The van der Waals surface area contributed by atoms with E-state index in [1.165, 1.54) is 29.7 Å². The van der Waals surface area contributed by atoms with Crippen LogP contribution in [0.15, 0.2) is 48.5 Å². The minimum Gasteiger partial charge on any atom is -0.381 e. The van der Waals surface area contributed by atoms with E-state index in [0.717, 1.165) is 12.5 Å². The maximum absolute atomic E-state index is 3.55. The summed E-state index contributed by atoms with van der Waals surface area (Å²) in [6.45, 7) is 3.08. The first-order chi connectivity index (χ1) is 8.84. The van der Waals surface area contributed by atoms with Gasteiger partial charge in [-0.15, -0.1) is 0 Å². The molecule has 0 amide bonds. The zero-order valence-corrected chi connectivity index (χ0v) is 10.8. The fraction of sp³-hybridized carbons (Fsp3) is 0.294. The maximum Gasteiger partial charge on any atom is 0.0403 e. The molecule has 1 nitrogen and oxygen atoms in total. The molecule has 0 aliphatic heterocycles. The van der Waals surface area contributed by atoms with E-state index in [9.17, 15) is 0 Å². The first-order valence-electron chi connectivity index (χ1n) is 6.72. The van der Waals surface area contributed by atoms with Crippen LogP contribution in [-0.2, 0) is 6.54 Å². The van der Waals surface area contributed by atoms with Crippen LogP contribution in [0.1, 0.15) is 35.4 Å². The second-order valence-corrected chi connectivity index (χ2v) is 5.14. The van der Waals surface area contributed by atoms with Gasteiger partial charge in [0.2, 0.25) is 0 Å². The second-order valence-electron chi connectivity index (χ2n) is 5.14. The Kier molecular flexibility index (Phi) is 3.06. The van der Waals surface area contributed by atoms with Gasteiger partial charge in [0.1, 0.15) is 0 Å². The molecule has 1 aliphatic carbocycles.